The lowest BCUT2D eigenvalue weighted by molar-refractivity contribution is 0.515. The molecule has 1 aromatic rings. The fourth-order valence-electron chi connectivity index (χ4n) is 2.56. The number of furan rings is 1. The Hall–Kier alpha value is -0.980. The number of unbranched alkanes of at least 4 members (excludes halogenated alkanes) is 7. The lowest BCUT2D eigenvalue weighted by Gasteiger charge is -2.06. The Bertz CT molecular complexity index is 335. The smallest absolute Gasteiger partial charge is 0.107 e. The summed E-state index contributed by atoms with van der Waals surface area (Å²) >= 11 is 0. The van der Waals surface area contributed by atoms with Crippen LogP contribution < -0.4 is 0 Å². The fourth-order valence-corrected chi connectivity index (χ4v) is 2.56. The topological polar surface area (TPSA) is 13.1 Å². The molecule has 0 aliphatic carbocycles. The maximum absolute atomic E-state index is 5.50. The highest BCUT2D eigenvalue weighted by Crippen LogP contribution is 2.18. The second-order valence-corrected chi connectivity index (χ2v) is 5.78. The Morgan fingerprint density at radius 2 is 1.75 bits per heavy atom. The molecule has 0 aromatic carbocycles. The normalized spacial score (nSPS) is 12.0. The van der Waals surface area contributed by atoms with Crippen molar-refractivity contribution in [3.63, 3.8) is 0 Å². The van der Waals surface area contributed by atoms with Crippen LogP contribution in [0.2, 0.25) is 0 Å². The molecule has 0 aliphatic heterocycles. The molecule has 0 aliphatic rings. The van der Waals surface area contributed by atoms with Crippen LogP contribution in [0.5, 0.6) is 0 Å². The Kier molecular flexibility index (Phi) is 10.1. The van der Waals surface area contributed by atoms with Crippen LogP contribution in [0.4, 0.5) is 0 Å². The van der Waals surface area contributed by atoms with E-state index < -0.39 is 0 Å². The average molecular weight is 276 g/mol. The van der Waals surface area contributed by atoms with Gasteiger partial charge in [0, 0.05) is 6.42 Å². The van der Waals surface area contributed by atoms with E-state index in [2.05, 4.69) is 26.0 Å². The number of hydrogen-bond acceptors (Lipinski definition) is 1. The lowest BCUT2D eigenvalue weighted by atomic mass is 10.0. The standard InChI is InChI=1S/C19H32O/c1-3-5-7-9-11-14-18(13-10-8-6-4-2)17-19-15-12-16-20-19/h12,14-16H,3-11,13,17H2,1-2H3/b18-14-. The maximum atomic E-state index is 5.50. The molecule has 20 heavy (non-hydrogen) atoms. The van der Waals surface area contributed by atoms with Gasteiger partial charge in [0.25, 0.3) is 0 Å². The van der Waals surface area contributed by atoms with Crippen LogP contribution in [0, 0.1) is 0 Å². The summed E-state index contributed by atoms with van der Waals surface area (Å²) in [5.41, 5.74) is 1.58. The maximum Gasteiger partial charge on any atom is 0.107 e. The molecule has 0 radical (unpaired) electrons. The minimum absolute atomic E-state index is 1.01. The molecule has 0 N–H and O–H groups in total. The predicted molar refractivity (Wildman–Crippen MR) is 88.0 cm³/mol. The lowest BCUT2D eigenvalue weighted by Crippen LogP contribution is -1.91. The molecule has 0 atom stereocenters. The summed E-state index contributed by atoms with van der Waals surface area (Å²) in [5.74, 6) is 1.11. The Labute approximate surface area is 125 Å². The van der Waals surface area contributed by atoms with Gasteiger partial charge in [-0.15, -0.1) is 0 Å². The molecule has 1 heteroatoms. The van der Waals surface area contributed by atoms with E-state index in [9.17, 15) is 0 Å². The van der Waals surface area contributed by atoms with Crippen LogP contribution in [0.1, 0.15) is 83.8 Å². The van der Waals surface area contributed by atoms with Gasteiger partial charge in [-0.3, -0.25) is 0 Å². The van der Waals surface area contributed by atoms with Crippen molar-refractivity contribution in [1.29, 1.82) is 0 Å². The van der Waals surface area contributed by atoms with E-state index in [1.54, 1.807) is 11.8 Å². The van der Waals surface area contributed by atoms with Crippen LogP contribution >= 0.6 is 0 Å². The molecule has 0 saturated carbocycles. The third-order valence-electron chi connectivity index (χ3n) is 3.82. The zero-order valence-corrected chi connectivity index (χ0v) is 13.5. The molecule has 1 heterocycles. The van der Waals surface area contributed by atoms with Crippen LogP contribution in [-0.4, -0.2) is 0 Å². The number of hydrogen-bond donors (Lipinski definition) is 0. The van der Waals surface area contributed by atoms with Gasteiger partial charge in [0.1, 0.15) is 5.76 Å². The second kappa shape index (κ2) is 11.8. The zero-order chi connectivity index (χ0) is 14.5. The highest BCUT2D eigenvalue weighted by Gasteiger charge is 2.02. The van der Waals surface area contributed by atoms with E-state index in [-0.39, 0.29) is 0 Å². The summed E-state index contributed by atoms with van der Waals surface area (Å²) in [4.78, 5) is 0. The van der Waals surface area contributed by atoms with Crippen molar-refractivity contribution in [1.82, 2.24) is 0 Å². The van der Waals surface area contributed by atoms with E-state index in [0.29, 0.717) is 0 Å². The van der Waals surface area contributed by atoms with Crippen LogP contribution in [0.15, 0.2) is 34.5 Å². The summed E-state index contributed by atoms with van der Waals surface area (Å²) in [6.45, 7) is 4.54. The molecule has 0 amide bonds. The minimum atomic E-state index is 1.01. The van der Waals surface area contributed by atoms with Gasteiger partial charge in [-0.25, -0.2) is 0 Å². The quantitative estimate of drug-likeness (QED) is 0.306. The van der Waals surface area contributed by atoms with Crippen LogP contribution in [0.3, 0.4) is 0 Å². The van der Waals surface area contributed by atoms with Crippen LogP contribution in [0.25, 0.3) is 0 Å². The first-order valence-electron chi connectivity index (χ1n) is 8.57. The summed E-state index contributed by atoms with van der Waals surface area (Å²) in [5, 5.41) is 0. The Balaban J connectivity index is 2.34. The van der Waals surface area contributed by atoms with Crippen molar-refractivity contribution in [2.24, 2.45) is 0 Å². The van der Waals surface area contributed by atoms with Crippen molar-refractivity contribution in [2.75, 3.05) is 0 Å². The van der Waals surface area contributed by atoms with E-state index in [0.717, 1.165) is 12.2 Å². The summed E-state index contributed by atoms with van der Waals surface area (Å²) in [7, 11) is 0. The third kappa shape index (κ3) is 8.24. The van der Waals surface area contributed by atoms with Crippen molar-refractivity contribution in [2.45, 2.75) is 84.5 Å². The van der Waals surface area contributed by atoms with Gasteiger partial charge in [-0.2, -0.15) is 0 Å². The highest BCUT2D eigenvalue weighted by molar-refractivity contribution is 5.12. The molecule has 0 bridgehead atoms. The SMILES string of the molecule is CCCCCC/C=C(/CCCCCC)Cc1ccco1. The predicted octanol–water partition coefficient (Wildman–Crippen LogP) is 6.69. The first-order valence-corrected chi connectivity index (χ1v) is 8.57. The molecule has 1 rings (SSSR count). The molecule has 0 unspecified atom stereocenters. The van der Waals surface area contributed by atoms with E-state index in [1.165, 1.54) is 64.2 Å². The molecule has 0 spiro atoms. The summed E-state index contributed by atoms with van der Waals surface area (Å²) in [6, 6.07) is 4.09. The zero-order valence-electron chi connectivity index (χ0n) is 13.5. The number of allylic oxidation sites excluding steroid dienone is 2. The Morgan fingerprint density at radius 1 is 1.00 bits per heavy atom. The molecular formula is C19H32O. The molecule has 0 saturated heterocycles. The third-order valence-corrected chi connectivity index (χ3v) is 3.82. The van der Waals surface area contributed by atoms with Crippen molar-refractivity contribution < 1.29 is 4.42 Å². The number of rotatable bonds is 12. The first kappa shape index (κ1) is 17.1. The molecule has 114 valence electrons. The van der Waals surface area contributed by atoms with Crippen molar-refractivity contribution in [3.8, 4) is 0 Å². The minimum Gasteiger partial charge on any atom is -0.469 e. The van der Waals surface area contributed by atoms with E-state index in [4.69, 9.17) is 4.42 Å². The average Bonchev–Trinajstić information content (AvgIpc) is 2.96. The van der Waals surface area contributed by atoms with Crippen molar-refractivity contribution >= 4 is 0 Å². The largest absolute Gasteiger partial charge is 0.469 e. The second-order valence-electron chi connectivity index (χ2n) is 5.78. The van der Waals surface area contributed by atoms with Gasteiger partial charge < -0.3 is 4.42 Å². The molecule has 1 nitrogen and oxygen atoms in total. The van der Waals surface area contributed by atoms with Gasteiger partial charge in [0.2, 0.25) is 0 Å². The fraction of sp³-hybridized carbons (Fsp3) is 0.684. The van der Waals surface area contributed by atoms with E-state index >= 15 is 0 Å². The molecular weight excluding hydrogens is 244 g/mol. The monoisotopic (exact) mass is 276 g/mol. The first-order chi connectivity index (χ1) is 9.86. The van der Waals surface area contributed by atoms with Gasteiger partial charge in [-0.1, -0.05) is 64.0 Å². The molecule has 1 aromatic heterocycles. The molecule has 0 fully saturated rings. The van der Waals surface area contributed by atoms with Gasteiger partial charge >= 0.3 is 0 Å². The van der Waals surface area contributed by atoms with Gasteiger partial charge in [0.15, 0.2) is 0 Å². The summed E-state index contributed by atoms with van der Waals surface area (Å²) < 4.78 is 5.50. The highest BCUT2D eigenvalue weighted by atomic mass is 16.3. The van der Waals surface area contributed by atoms with Crippen LogP contribution in [-0.2, 0) is 6.42 Å². The van der Waals surface area contributed by atoms with Gasteiger partial charge in [0.05, 0.1) is 6.26 Å². The van der Waals surface area contributed by atoms with Gasteiger partial charge in [-0.05, 0) is 37.8 Å². The summed E-state index contributed by atoms with van der Waals surface area (Å²) in [6.07, 6.45) is 18.5. The Morgan fingerprint density at radius 3 is 2.40 bits per heavy atom. The van der Waals surface area contributed by atoms with E-state index in [1.807, 2.05) is 6.07 Å². The van der Waals surface area contributed by atoms with Crippen molar-refractivity contribution in [3.05, 3.63) is 35.8 Å².